The smallest absolute Gasteiger partial charge is 0.207 e. The molecule has 25 heavy (non-hydrogen) atoms. The highest BCUT2D eigenvalue weighted by Crippen LogP contribution is 2.22. The van der Waals surface area contributed by atoms with Gasteiger partial charge in [-0.25, -0.2) is 9.48 Å². The number of quaternary nitrogens is 1. The van der Waals surface area contributed by atoms with Crippen molar-refractivity contribution in [3.8, 4) is 0 Å². The lowest BCUT2D eigenvalue weighted by atomic mass is 10.1. The molecule has 1 aliphatic heterocycles. The molecule has 0 aromatic rings. The minimum absolute atomic E-state index is 0.0125. The Labute approximate surface area is 153 Å². The fourth-order valence-electron chi connectivity index (χ4n) is 3.49. The normalized spacial score (nSPS) is 19.4. The van der Waals surface area contributed by atoms with E-state index in [1.54, 1.807) is 6.20 Å². The van der Waals surface area contributed by atoms with Gasteiger partial charge in [-0.1, -0.05) is 64.7 Å². The average molecular weight is 353 g/mol. The summed E-state index contributed by atoms with van der Waals surface area (Å²) < 4.78 is 0.377. The Kier molecular flexibility index (Phi) is 11.4. The number of hydrogen-bond donors (Lipinski definition) is 1. The number of rotatable bonds is 16. The highest BCUT2D eigenvalue weighted by Gasteiger charge is 2.34. The van der Waals surface area contributed by atoms with E-state index in [1.807, 2.05) is 6.20 Å². The van der Waals surface area contributed by atoms with Gasteiger partial charge in [0.05, 0.1) is 19.4 Å². The van der Waals surface area contributed by atoms with E-state index in [0.29, 0.717) is 17.6 Å². The van der Waals surface area contributed by atoms with Crippen molar-refractivity contribution in [3.63, 3.8) is 0 Å². The number of carboxylic acid groups (broad SMARTS) is 1. The number of aliphatic hydroxyl groups excluding tert-OH is 1. The third kappa shape index (κ3) is 8.63. The van der Waals surface area contributed by atoms with E-state index in [-0.39, 0.29) is 13.0 Å². The largest absolute Gasteiger partial charge is 0.550 e. The fraction of sp³-hybridized carbons (Fsp3) is 0.800. The fourth-order valence-corrected chi connectivity index (χ4v) is 3.49. The zero-order valence-corrected chi connectivity index (χ0v) is 15.9. The van der Waals surface area contributed by atoms with Crippen LogP contribution < -0.4 is 5.11 Å². The third-order valence-electron chi connectivity index (χ3n) is 5.06. The number of unbranched alkanes of at least 4 members (excludes halogenated alkanes) is 9. The summed E-state index contributed by atoms with van der Waals surface area (Å²) >= 11 is 0. The zero-order chi connectivity index (χ0) is 18.4. The molecule has 0 fully saturated rings. The van der Waals surface area contributed by atoms with Gasteiger partial charge in [0.15, 0.2) is 0 Å². The number of aliphatic imine (C=N–C) groups is 1. The topological polar surface area (TPSA) is 72.7 Å². The molecule has 0 saturated heterocycles. The van der Waals surface area contributed by atoms with E-state index in [9.17, 15) is 15.0 Å². The number of aliphatic hydroxyl groups is 1. The van der Waals surface area contributed by atoms with Crippen molar-refractivity contribution in [3.05, 3.63) is 12.4 Å². The maximum atomic E-state index is 10.8. The van der Waals surface area contributed by atoms with Crippen LogP contribution in [0.25, 0.3) is 0 Å². The van der Waals surface area contributed by atoms with Crippen LogP contribution in [0.4, 0.5) is 0 Å². The first-order valence-electron chi connectivity index (χ1n) is 10.1. The van der Waals surface area contributed by atoms with Crippen LogP contribution in [0.2, 0.25) is 0 Å². The van der Waals surface area contributed by atoms with Gasteiger partial charge in [0.1, 0.15) is 12.7 Å². The Morgan fingerprint density at radius 1 is 1.04 bits per heavy atom. The predicted molar refractivity (Wildman–Crippen MR) is 99.7 cm³/mol. The first-order chi connectivity index (χ1) is 12.1. The molecule has 0 radical (unpaired) electrons. The molecule has 1 rings (SSSR count). The van der Waals surface area contributed by atoms with Gasteiger partial charge in [0.25, 0.3) is 0 Å². The van der Waals surface area contributed by atoms with Crippen LogP contribution in [-0.2, 0) is 4.79 Å². The van der Waals surface area contributed by atoms with Gasteiger partial charge in [0, 0.05) is 18.8 Å². The van der Waals surface area contributed by atoms with Crippen molar-refractivity contribution in [2.45, 2.75) is 84.0 Å². The van der Waals surface area contributed by atoms with Gasteiger partial charge >= 0.3 is 0 Å². The molecule has 1 N–H and O–H groups in total. The van der Waals surface area contributed by atoms with Gasteiger partial charge < -0.3 is 15.0 Å². The standard InChI is InChI=1S/C20H36N2O3/c1-2-3-4-5-6-7-8-9-10-11-12-19-21-14-16-22(19,17-18-23)15-13-20(24)25/h14,16,23H,2-13,15,17-18H2,1H3. The van der Waals surface area contributed by atoms with E-state index in [2.05, 4.69) is 11.9 Å². The van der Waals surface area contributed by atoms with Crippen molar-refractivity contribution in [2.75, 3.05) is 19.7 Å². The molecule has 5 nitrogen and oxygen atoms in total. The van der Waals surface area contributed by atoms with Crippen molar-refractivity contribution in [1.82, 2.24) is 0 Å². The minimum Gasteiger partial charge on any atom is -0.550 e. The molecular weight excluding hydrogens is 316 g/mol. The second kappa shape index (κ2) is 13.1. The van der Waals surface area contributed by atoms with Crippen LogP contribution in [0, 0.1) is 0 Å². The Balaban J connectivity index is 2.21. The highest BCUT2D eigenvalue weighted by atomic mass is 16.4. The first-order valence-corrected chi connectivity index (χ1v) is 10.1. The SMILES string of the molecule is CCCCCCCCCCCCC1=NC=C[N+]1(CCO)CCC(=O)[O-]. The second-order valence-electron chi connectivity index (χ2n) is 7.10. The molecule has 144 valence electrons. The number of aliphatic carboxylic acids is 1. The number of carbonyl (C=O) groups excluding carboxylic acids is 1. The van der Waals surface area contributed by atoms with Crippen LogP contribution in [0.1, 0.15) is 84.0 Å². The number of carboxylic acids is 1. The van der Waals surface area contributed by atoms with Crippen LogP contribution in [0.5, 0.6) is 0 Å². The molecule has 0 aromatic carbocycles. The monoisotopic (exact) mass is 352 g/mol. The molecule has 0 saturated carbocycles. The van der Waals surface area contributed by atoms with Crippen LogP contribution in [0.3, 0.4) is 0 Å². The summed E-state index contributed by atoms with van der Waals surface area (Å²) in [4.78, 5) is 15.3. The summed E-state index contributed by atoms with van der Waals surface area (Å²) in [6.07, 6.45) is 17.4. The molecule has 5 heteroatoms. The van der Waals surface area contributed by atoms with Crippen LogP contribution >= 0.6 is 0 Å². The zero-order valence-electron chi connectivity index (χ0n) is 15.9. The lowest BCUT2D eigenvalue weighted by Crippen LogP contribution is -2.50. The van der Waals surface area contributed by atoms with E-state index in [4.69, 9.17) is 0 Å². The van der Waals surface area contributed by atoms with Crippen LogP contribution in [0.15, 0.2) is 17.4 Å². The van der Waals surface area contributed by atoms with Gasteiger partial charge in [-0.15, -0.1) is 0 Å². The van der Waals surface area contributed by atoms with Gasteiger partial charge in [-0.3, -0.25) is 0 Å². The van der Waals surface area contributed by atoms with Crippen LogP contribution in [-0.4, -0.2) is 41.1 Å². The molecule has 0 aromatic heterocycles. The Morgan fingerprint density at radius 2 is 1.64 bits per heavy atom. The number of nitrogens with zero attached hydrogens (tertiary/aromatic N) is 2. The number of amidine groups is 1. The highest BCUT2D eigenvalue weighted by molar-refractivity contribution is 5.78. The summed E-state index contributed by atoms with van der Waals surface area (Å²) in [5, 5.41) is 20.2. The van der Waals surface area contributed by atoms with Gasteiger partial charge in [-0.2, -0.15) is 0 Å². The maximum Gasteiger partial charge on any atom is 0.207 e. The molecule has 1 unspecified atom stereocenters. The van der Waals surface area contributed by atoms with Crippen molar-refractivity contribution in [1.29, 1.82) is 0 Å². The molecular formula is C20H36N2O3. The molecule has 0 bridgehead atoms. The molecule has 1 heterocycles. The van der Waals surface area contributed by atoms with E-state index in [1.165, 1.54) is 57.8 Å². The Hall–Kier alpha value is -1.20. The summed E-state index contributed by atoms with van der Waals surface area (Å²) in [6, 6.07) is 0. The summed E-state index contributed by atoms with van der Waals surface area (Å²) in [5.41, 5.74) is 0. The lowest BCUT2D eigenvalue weighted by molar-refractivity contribution is -0.788. The Bertz CT molecular complexity index is 435. The maximum absolute atomic E-state index is 10.8. The summed E-state index contributed by atoms with van der Waals surface area (Å²) in [5.74, 6) is -0.0658. The summed E-state index contributed by atoms with van der Waals surface area (Å²) in [7, 11) is 0. The minimum atomic E-state index is -1.05. The predicted octanol–water partition coefficient (Wildman–Crippen LogP) is 3.13. The second-order valence-corrected chi connectivity index (χ2v) is 7.10. The van der Waals surface area contributed by atoms with Gasteiger partial charge in [-0.05, 0) is 6.42 Å². The van der Waals surface area contributed by atoms with E-state index < -0.39 is 5.97 Å². The molecule has 0 spiro atoms. The number of carbonyl (C=O) groups is 1. The molecule has 1 atom stereocenters. The summed E-state index contributed by atoms with van der Waals surface area (Å²) in [6.45, 7) is 3.17. The quantitative estimate of drug-likeness (QED) is 0.343. The Morgan fingerprint density at radius 3 is 2.20 bits per heavy atom. The number of hydrogen-bond acceptors (Lipinski definition) is 4. The van der Waals surface area contributed by atoms with Crippen molar-refractivity contribution >= 4 is 11.8 Å². The molecule has 1 aliphatic rings. The van der Waals surface area contributed by atoms with Crippen molar-refractivity contribution in [2.24, 2.45) is 4.99 Å². The lowest BCUT2D eigenvalue weighted by Gasteiger charge is -2.32. The molecule has 0 aliphatic carbocycles. The molecule has 0 amide bonds. The third-order valence-corrected chi connectivity index (χ3v) is 5.06. The average Bonchev–Trinajstić information content (AvgIpc) is 2.98. The van der Waals surface area contributed by atoms with E-state index in [0.717, 1.165) is 18.7 Å². The van der Waals surface area contributed by atoms with Crippen molar-refractivity contribution < 1.29 is 19.5 Å². The van der Waals surface area contributed by atoms with Gasteiger partial charge in [0.2, 0.25) is 5.84 Å². The van der Waals surface area contributed by atoms with E-state index >= 15 is 0 Å². The first kappa shape index (κ1) is 21.8.